The van der Waals surface area contributed by atoms with Crippen LogP contribution in [0.15, 0.2) is 40.3 Å². The number of esters is 1. The first-order valence-electron chi connectivity index (χ1n) is 10.0. The minimum atomic E-state index is -0.713. The minimum Gasteiger partial charge on any atom is -0.511 e. The minimum absolute atomic E-state index is 0.0623. The maximum atomic E-state index is 12.9. The quantitative estimate of drug-likeness (QED) is 0.584. The predicted molar refractivity (Wildman–Crippen MR) is 114 cm³/mol. The number of aromatic amines is 1. The number of benzene rings is 1. The number of rotatable bonds is 7. The van der Waals surface area contributed by atoms with Gasteiger partial charge in [-0.1, -0.05) is 30.5 Å². The van der Waals surface area contributed by atoms with Crippen LogP contribution < -0.4 is 4.74 Å². The lowest BCUT2D eigenvalue weighted by Gasteiger charge is -2.41. The predicted octanol–water partition coefficient (Wildman–Crippen LogP) is 4.84. The molecule has 2 aliphatic rings. The van der Waals surface area contributed by atoms with Gasteiger partial charge in [0.05, 0.1) is 12.1 Å². The summed E-state index contributed by atoms with van der Waals surface area (Å²) in [6.07, 6.45) is 7.19. The largest absolute Gasteiger partial charge is 0.511 e. The number of aromatic nitrogens is 3. The second-order valence-corrected chi connectivity index (χ2v) is 9.16. The van der Waals surface area contributed by atoms with Gasteiger partial charge in [0.25, 0.3) is 0 Å². The first-order valence-corrected chi connectivity index (χ1v) is 11.2. The third-order valence-electron chi connectivity index (χ3n) is 5.95. The molecule has 1 aromatic heterocycles. The van der Waals surface area contributed by atoms with Gasteiger partial charge >= 0.3 is 5.97 Å². The molecule has 2 aromatic rings. The molecule has 1 atom stereocenters. The highest BCUT2D eigenvalue weighted by Gasteiger charge is 2.48. The molecule has 1 aliphatic carbocycles. The second-order valence-electron chi connectivity index (χ2n) is 7.75. The highest BCUT2D eigenvalue weighted by atomic mass is 35.5. The van der Waals surface area contributed by atoms with Gasteiger partial charge in [0.2, 0.25) is 0 Å². The van der Waals surface area contributed by atoms with Crippen LogP contribution in [0.1, 0.15) is 44.1 Å². The van der Waals surface area contributed by atoms with Gasteiger partial charge < -0.3 is 14.6 Å². The Hall–Kier alpha value is -2.19. The molecular weight excluding hydrogens is 426 g/mol. The van der Waals surface area contributed by atoms with Crippen LogP contribution in [0.4, 0.5) is 0 Å². The molecule has 9 heteroatoms. The summed E-state index contributed by atoms with van der Waals surface area (Å²) in [7, 11) is 1.58. The van der Waals surface area contributed by atoms with E-state index >= 15 is 0 Å². The Kier molecular flexibility index (Phi) is 6.24. The molecule has 4 rings (SSSR count). The summed E-state index contributed by atoms with van der Waals surface area (Å²) in [5.41, 5.74) is 0.328. The lowest BCUT2D eigenvalue weighted by Crippen LogP contribution is -2.45. The van der Waals surface area contributed by atoms with Crippen molar-refractivity contribution in [2.45, 2.75) is 55.7 Å². The number of aryl methyl sites for hydroxylation is 1. The highest BCUT2D eigenvalue weighted by Crippen LogP contribution is 2.47. The molecule has 0 radical (unpaired) electrons. The number of cyclic esters (lactones) is 1. The maximum Gasteiger partial charge on any atom is 0.349 e. The smallest absolute Gasteiger partial charge is 0.349 e. The summed E-state index contributed by atoms with van der Waals surface area (Å²) < 4.78 is 11.3. The fraction of sp³-hybridized carbons (Fsp3) is 0.476. The van der Waals surface area contributed by atoms with Gasteiger partial charge in [-0.3, -0.25) is 5.10 Å². The molecule has 7 nitrogen and oxygen atoms in total. The average Bonchev–Trinajstić information content (AvgIpc) is 3.44. The van der Waals surface area contributed by atoms with Crippen LogP contribution in [0.3, 0.4) is 0 Å². The van der Waals surface area contributed by atoms with E-state index in [0.29, 0.717) is 35.2 Å². The van der Waals surface area contributed by atoms with E-state index in [1.807, 2.05) is 18.2 Å². The number of halogens is 1. The van der Waals surface area contributed by atoms with Crippen molar-refractivity contribution in [2.24, 2.45) is 5.92 Å². The molecule has 2 heterocycles. The number of aliphatic hydroxyl groups is 1. The van der Waals surface area contributed by atoms with Gasteiger partial charge in [0.15, 0.2) is 5.16 Å². The molecule has 1 aromatic carbocycles. The number of nitrogens with one attached hydrogen (secondary N) is 1. The zero-order valence-electron chi connectivity index (χ0n) is 16.7. The first kappa shape index (κ1) is 21.1. The Bertz CT molecular complexity index is 944. The van der Waals surface area contributed by atoms with Crippen molar-refractivity contribution in [1.29, 1.82) is 0 Å². The molecule has 1 aliphatic heterocycles. The van der Waals surface area contributed by atoms with Crippen molar-refractivity contribution in [3.05, 3.63) is 45.8 Å². The number of thioether (sulfide) groups is 1. The monoisotopic (exact) mass is 449 g/mol. The molecule has 160 valence electrons. The molecule has 1 fully saturated rings. The van der Waals surface area contributed by atoms with Crippen molar-refractivity contribution >= 4 is 29.3 Å². The summed E-state index contributed by atoms with van der Waals surface area (Å²) in [4.78, 5) is 17.1. The summed E-state index contributed by atoms with van der Waals surface area (Å²) >= 11 is 7.32. The third kappa shape index (κ3) is 4.30. The van der Waals surface area contributed by atoms with Crippen LogP contribution in [0, 0.1) is 5.92 Å². The van der Waals surface area contributed by atoms with Crippen molar-refractivity contribution in [2.75, 3.05) is 7.11 Å². The zero-order valence-corrected chi connectivity index (χ0v) is 18.3. The van der Waals surface area contributed by atoms with Crippen molar-refractivity contribution < 1.29 is 19.4 Å². The maximum absolute atomic E-state index is 12.9. The lowest BCUT2D eigenvalue weighted by molar-refractivity contribution is -0.166. The number of ether oxygens (including phenoxy) is 2. The zero-order chi connectivity index (χ0) is 21.1. The number of aliphatic hydroxyl groups excluding tert-OH is 1. The van der Waals surface area contributed by atoms with Crippen LogP contribution in [-0.2, 0) is 16.0 Å². The number of carbonyl (C=O) groups is 1. The van der Waals surface area contributed by atoms with Gasteiger partial charge in [-0.05, 0) is 61.1 Å². The van der Waals surface area contributed by atoms with Crippen LogP contribution >= 0.6 is 23.4 Å². The average molecular weight is 450 g/mol. The van der Waals surface area contributed by atoms with E-state index < -0.39 is 11.6 Å². The van der Waals surface area contributed by atoms with E-state index in [1.165, 1.54) is 6.33 Å². The Morgan fingerprint density at radius 2 is 2.20 bits per heavy atom. The fourth-order valence-corrected chi connectivity index (χ4v) is 5.42. The number of H-pyrrole nitrogens is 1. The fourth-order valence-electron chi connectivity index (χ4n) is 4.43. The summed E-state index contributed by atoms with van der Waals surface area (Å²) in [6, 6.07) is 5.70. The summed E-state index contributed by atoms with van der Waals surface area (Å²) in [6.45, 7) is 0. The molecule has 0 saturated heterocycles. The Morgan fingerprint density at radius 1 is 1.40 bits per heavy atom. The van der Waals surface area contributed by atoms with Crippen LogP contribution in [0.5, 0.6) is 5.75 Å². The van der Waals surface area contributed by atoms with E-state index in [1.54, 1.807) is 7.11 Å². The second kappa shape index (κ2) is 8.89. The molecule has 0 bridgehead atoms. The topological polar surface area (TPSA) is 97.3 Å². The Labute approximate surface area is 184 Å². The molecule has 30 heavy (non-hydrogen) atoms. The summed E-state index contributed by atoms with van der Waals surface area (Å²) in [5, 5.41) is 18.3. The number of carbonyl (C=O) groups excluding carboxylic acids is 1. The van der Waals surface area contributed by atoms with Gasteiger partial charge in [-0.15, -0.1) is 0 Å². The van der Waals surface area contributed by atoms with E-state index in [-0.39, 0.29) is 16.6 Å². The van der Waals surface area contributed by atoms with Crippen molar-refractivity contribution in [3.8, 4) is 5.75 Å². The van der Waals surface area contributed by atoms with Crippen LogP contribution in [0.25, 0.3) is 0 Å². The number of hydrogen-bond donors (Lipinski definition) is 2. The highest BCUT2D eigenvalue weighted by molar-refractivity contribution is 8.03. The van der Waals surface area contributed by atoms with E-state index in [4.69, 9.17) is 21.1 Å². The molecule has 1 unspecified atom stereocenters. The SMILES string of the molecule is COc1ccc(CCC2(C3CCCC3)CC(O)=C(Sc3ncn[nH]3)C(=O)O2)cc1Cl. The van der Waals surface area contributed by atoms with E-state index in [0.717, 1.165) is 43.0 Å². The molecule has 0 amide bonds. The first-order chi connectivity index (χ1) is 14.5. The van der Waals surface area contributed by atoms with Gasteiger partial charge in [0, 0.05) is 6.42 Å². The van der Waals surface area contributed by atoms with Crippen LogP contribution in [-0.4, -0.2) is 39.0 Å². The van der Waals surface area contributed by atoms with Gasteiger partial charge in [0.1, 0.15) is 28.3 Å². The molecule has 0 spiro atoms. The number of methoxy groups -OCH3 is 1. The lowest BCUT2D eigenvalue weighted by atomic mass is 9.77. The van der Waals surface area contributed by atoms with E-state index in [9.17, 15) is 9.90 Å². The molecule has 2 N–H and O–H groups in total. The normalized spacial score (nSPS) is 22.4. The van der Waals surface area contributed by atoms with Gasteiger partial charge in [-0.2, -0.15) is 5.10 Å². The third-order valence-corrected chi connectivity index (χ3v) is 7.25. The van der Waals surface area contributed by atoms with Gasteiger partial charge in [-0.25, -0.2) is 9.78 Å². The Morgan fingerprint density at radius 3 is 2.83 bits per heavy atom. The standard InChI is InChI=1S/C21H24ClN3O4S/c1-28-17-7-6-13(10-15(17)22)8-9-21(14-4-2-3-5-14)11-16(26)18(19(27)29-21)30-20-23-12-24-25-20/h6-7,10,12,14,26H,2-5,8-9,11H2,1H3,(H,23,24,25). The van der Waals surface area contributed by atoms with Crippen molar-refractivity contribution in [3.63, 3.8) is 0 Å². The van der Waals surface area contributed by atoms with E-state index in [2.05, 4.69) is 15.2 Å². The van der Waals surface area contributed by atoms with Crippen molar-refractivity contribution in [1.82, 2.24) is 15.2 Å². The van der Waals surface area contributed by atoms with Crippen LogP contribution in [0.2, 0.25) is 5.02 Å². The Balaban J connectivity index is 1.56. The number of nitrogens with zero attached hydrogens (tertiary/aromatic N) is 2. The summed E-state index contributed by atoms with van der Waals surface area (Å²) in [5.74, 6) is 0.422. The molecule has 1 saturated carbocycles. The molecular formula is C21H24ClN3O4S. The number of hydrogen-bond acceptors (Lipinski definition) is 7.